The average molecular weight is 370 g/mol. The molecule has 1 atom stereocenters. The fraction of sp³-hybridized carbons (Fsp3) is 0.500. The molecule has 2 rings (SSSR count). The summed E-state index contributed by atoms with van der Waals surface area (Å²) in [7, 11) is 0. The molecule has 1 aromatic carbocycles. The van der Waals surface area contributed by atoms with Gasteiger partial charge in [-0.3, -0.25) is 4.79 Å². The van der Waals surface area contributed by atoms with Crippen molar-refractivity contribution in [2.45, 2.75) is 23.6 Å². The van der Waals surface area contributed by atoms with Crippen molar-refractivity contribution in [3.8, 4) is 0 Å². The highest BCUT2D eigenvalue weighted by atomic mass is 32.2. The molecule has 1 fully saturated rings. The molecule has 4 nitrogen and oxygen atoms in total. The van der Waals surface area contributed by atoms with Crippen LogP contribution in [0.5, 0.6) is 0 Å². The fourth-order valence-electron chi connectivity index (χ4n) is 2.03. The second-order valence-electron chi connectivity index (χ2n) is 4.96. The Morgan fingerprint density at radius 1 is 1.42 bits per heavy atom. The number of benzene rings is 1. The number of ether oxygens (including phenoxy) is 1. The predicted octanol–water partition coefficient (Wildman–Crippen LogP) is 2.99. The molecule has 0 radical (unpaired) electrons. The highest BCUT2D eigenvalue weighted by molar-refractivity contribution is 7.99. The first-order chi connectivity index (χ1) is 11.3. The van der Waals surface area contributed by atoms with Crippen molar-refractivity contribution in [1.29, 1.82) is 0 Å². The van der Waals surface area contributed by atoms with Gasteiger partial charge in [-0.1, -0.05) is 0 Å². The van der Waals surface area contributed by atoms with E-state index < -0.39 is 35.9 Å². The van der Waals surface area contributed by atoms with Gasteiger partial charge in [0.2, 0.25) is 6.43 Å². The van der Waals surface area contributed by atoms with Gasteiger partial charge in [0.1, 0.15) is 6.10 Å². The zero-order chi connectivity index (χ0) is 17.7. The van der Waals surface area contributed by atoms with Gasteiger partial charge in [-0.25, -0.2) is 8.78 Å². The minimum absolute atomic E-state index is 0.139. The molecule has 10 heteroatoms. The maximum atomic E-state index is 12.8. The number of anilines is 1. The van der Waals surface area contributed by atoms with E-state index in [-0.39, 0.29) is 17.1 Å². The van der Waals surface area contributed by atoms with Crippen LogP contribution >= 0.6 is 11.8 Å². The molecule has 134 valence electrons. The minimum Gasteiger partial charge on any atom is -0.366 e. The van der Waals surface area contributed by atoms with Crippen molar-refractivity contribution in [1.82, 2.24) is 5.32 Å². The number of carbonyl (C=O) groups excluding carboxylic acids is 1. The minimum atomic E-state index is -4.60. The van der Waals surface area contributed by atoms with Gasteiger partial charge in [0, 0.05) is 18.0 Å². The van der Waals surface area contributed by atoms with E-state index >= 15 is 0 Å². The maximum Gasteiger partial charge on any atom is 0.416 e. The van der Waals surface area contributed by atoms with E-state index in [1.807, 2.05) is 0 Å². The third-order valence-electron chi connectivity index (χ3n) is 3.15. The normalized spacial score (nSPS) is 18.7. The summed E-state index contributed by atoms with van der Waals surface area (Å²) in [4.78, 5) is 12.2. The van der Waals surface area contributed by atoms with Crippen LogP contribution in [-0.4, -0.2) is 43.9 Å². The van der Waals surface area contributed by atoms with Gasteiger partial charge >= 0.3 is 6.18 Å². The number of amides is 1. The number of hydrogen-bond acceptors (Lipinski definition) is 4. The van der Waals surface area contributed by atoms with Crippen molar-refractivity contribution in [2.24, 2.45) is 0 Å². The van der Waals surface area contributed by atoms with E-state index in [0.29, 0.717) is 24.9 Å². The Hall–Kier alpha value is -1.39. The van der Waals surface area contributed by atoms with Gasteiger partial charge in [0.25, 0.3) is 5.91 Å². The lowest BCUT2D eigenvalue weighted by Crippen LogP contribution is -2.45. The molecule has 0 bridgehead atoms. The first kappa shape index (κ1) is 18.9. The molecule has 1 unspecified atom stereocenters. The molecule has 1 aliphatic rings. The van der Waals surface area contributed by atoms with Crippen LogP contribution in [0.25, 0.3) is 0 Å². The van der Waals surface area contributed by atoms with E-state index in [1.54, 1.807) is 0 Å². The van der Waals surface area contributed by atoms with Crippen molar-refractivity contribution in [2.75, 3.05) is 30.8 Å². The third-order valence-corrected chi connectivity index (χ3v) is 4.24. The van der Waals surface area contributed by atoms with Gasteiger partial charge in [-0.15, -0.1) is 11.8 Å². The number of carbonyl (C=O) groups is 1. The molecule has 1 aromatic rings. The first-order valence-electron chi connectivity index (χ1n) is 7.02. The summed E-state index contributed by atoms with van der Waals surface area (Å²) in [5.74, 6) is -1.21. The van der Waals surface area contributed by atoms with E-state index in [1.165, 1.54) is 0 Å². The molecule has 24 heavy (non-hydrogen) atoms. The molecule has 1 amide bonds. The smallest absolute Gasteiger partial charge is 0.366 e. The van der Waals surface area contributed by atoms with Crippen LogP contribution < -0.4 is 10.6 Å². The quantitative estimate of drug-likeness (QED) is 0.618. The van der Waals surface area contributed by atoms with E-state index in [2.05, 4.69) is 10.6 Å². The molecule has 0 aliphatic carbocycles. The first-order valence-corrected chi connectivity index (χ1v) is 8.01. The summed E-state index contributed by atoms with van der Waals surface area (Å²) in [6, 6.07) is 2.61. The molecular weight excluding hydrogens is 355 g/mol. The summed E-state index contributed by atoms with van der Waals surface area (Å²) in [5, 5.41) is 5.27. The summed E-state index contributed by atoms with van der Waals surface area (Å²) >= 11 is 0.675. The van der Waals surface area contributed by atoms with Gasteiger partial charge in [0.15, 0.2) is 0 Å². The van der Waals surface area contributed by atoms with Crippen molar-refractivity contribution in [3.05, 3.63) is 23.8 Å². The lowest BCUT2D eigenvalue weighted by atomic mass is 10.2. The maximum absolute atomic E-state index is 12.8. The van der Waals surface area contributed by atoms with Crippen LogP contribution in [0.15, 0.2) is 23.1 Å². The molecule has 1 heterocycles. The SMILES string of the molecule is O=C(Nc1cc(C(F)(F)F)ccc1SCC(F)F)C1CNCCO1. The zero-order valence-electron chi connectivity index (χ0n) is 12.3. The van der Waals surface area contributed by atoms with E-state index in [9.17, 15) is 26.7 Å². The van der Waals surface area contributed by atoms with Crippen molar-refractivity contribution in [3.63, 3.8) is 0 Å². The number of thioether (sulfide) groups is 1. The van der Waals surface area contributed by atoms with Crippen LogP contribution in [-0.2, 0) is 15.7 Å². The molecular formula is C14H15F5N2O2S. The number of hydrogen-bond donors (Lipinski definition) is 2. The Bertz CT molecular complexity index is 577. The van der Waals surface area contributed by atoms with Crippen LogP contribution in [0.3, 0.4) is 0 Å². The van der Waals surface area contributed by atoms with Crippen LogP contribution in [0.4, 0.5) is 27.6 Å². The molecule has 1 aliphatic heterocycles. The largest absolute Gasteiger partial charge is 0.416 e. The monoisotopic (exact) mass is 370 g/mol. The number of rotatable bonds is 5. The predicted molar refractivity (Wildman–Crippen MR) is 79.4 cm³/mol. The van der Waals surface area contributed by atoms with Crippen molar-refractivity contribution < 1.29 is 31.5 Å². The number of alkyl halides is 5. The molecule has 2 N–H and O–H groups in total. The lowest BCUT2D eigenvalue weighted by Gasteiger charge is -2.23. The van der Waals surface area contributed by atoms with E-state index in [0.717, 1.165) is 18.2 Å². The topological polar surface area (TPSA) is 50.4 Å². The summed E-state index contributed by atoms with van der Waals surface area (Å²) in [5.41, 5.74) is -1.13. The second kappa shape index (κ2) is 8.13. The standard InChI is InChI=1S/C14H15F5N2O2S/c15-12(16)7-24-11-2-1-8(14(17,18)19)5-9(11)21-13(22)10-6-20-3-4-23-10/h1-2,5,10,12,20H,3-4,6-7H2,(H,21,22). The average Bonchev–Trinajstić information content (AvgIpc) is 2.53. The highest BCUT2D eigenvalue weighted by Gasteiger charge is 2.32. The van der Waals surface area contributed by atoms with Crippen molar-refractivity contribution >= 4 is 23.4 Å². The van der Waals surface area contributed by atoms with Crippen LogP contribution in [0.1, 0.15) is 5.56 Å². The number of halogens is 5. The Morgan fingerprint density at radius 3 is 2.75 bits per heavy atom. The highest BCUT2D eigenvalue weighted by Crippen LogP contribution is 2.36. The molecule has 0 spiro atoms. The number of morpholine rings is 1. The lowest BCUT2D eigenvalue weighted by molar-refractivity contribution is -0.137. The summed E-state index contributed by atoms with van der Waals surface area (Å²) in [6.45, 7) is 1.10. The van der Waals surface area contributed by atoms with Crippen LogP contribution in [0, 0.1) is 0 Å². The molecule has 0 saturated carbocycles. The Kier molecular flexibility index (Phi) is 6.41. The zero-order valence-corrected chi connectivity index (χ0v) is 13.1. The number of nitrogens with one attached hydrogen (secondary N) is 2. The summed E-state index contributed by atoms with van der Waals surface area (Å²) in [6.07, 6.45) is -8.07. The van der Waals surface area contributed by atoms with Gasteiger partial charge in [0.05, 0.1) is 23.6 Å². The van der Waals surface area contributed by atoms with E-state index in [4.69, 9.17) is 4.74 Å². The third kappa shape index (κ3) is 5.32. The van der Waals surface area contributed by atoms with Gasteiger partial charge in [-0.05, 0) is 18.2 Å². The Balaban J connectivity index is 2.20. The van der Waals surface area contributed by atoms with Gasteiger partial charge in [-0.2, -0.15) is 13.2 Å². The Morgan fingerprint density at radius 2 is 2.17 bits per heavy atom. The van der Waals surface area contributed by atoms with Crippen LogP contribution in [0.2, 0.25) is 0 Å². The Labute approximate surface area is 139 Å². The summed E-state index contributed by atoms with van der Waals surface area (Å²) < 4.78 is 68.4. The second-order valence-corrected chi connectivity index (χ2v) is 6.03. The van der Waals surface area contributed by atoms with Gasteiger partial charge < -0.3 is 15.4 Å². The fourth-order valence-corrected chi connectivity index (χ4v) is 2.76. The molecule has 1 saturated heterocycles. The molecule has 0 aromatic heterocycles.